The van der Waals surface area contributed by atoms with Crippen LogP contribution in [0.5, 0.6) is 0 Å². The molecule has 1 atom stereocenters. The van der Waals surface area contributed by atoms with Crippen molar-refractivity contribution >= 4 is 23.8 Å². The highest BCUT2D eigenvalue weighted by molar-refractivity contribution is 6.05. The zero-order valence-electron chi connectivity index (χ0n) is 21.5. The molecular formula is C30H26F2N4O4. The molecule has 204 valence electrons. The fourth-order valence-electron chi connectivity index (χ4n) is 5.83. The average molecular weight is 545 g/mol. The number of fused-ring (bicyclic) bond motifs is 1. The van der Waals surface area contributed by atoms with Gasteiger partial charge in [-0.15, -0.1) is 0 Å². The Balaban J connectivity index is 1.22. The number of amides is 5. The first-order valence-corrected chi connectivity index (χ1v) is 13.1. The molecule has 0 bridgehead atoms. The van der Waals surface area contributed by atoms with E-state index in [-0.39, 0.29) is 61.4 Å². The third-order valence-electron chi connectivity index (χ3n) is 7.80. The summed E-state index contributed by atoms with van der Waals surface area (Å²) in [5.74, 6) is -2.13. The number of imide groups is 1. The number of rotatable bonds is 6. The van der Waals surface area contributed by atoms with Gasteiger partial charge in [0.25, 0.3) is 5.91 Å². The molecule has 0 aromatic heterocycles. The fraction of sp³-hybridized carbons (Fsp3) is 0.267. The number of carbonyl (C=O) groups excluding carboxylic acids is 4. The van der Waals surface area contributed by atoms with Crippen LogP contribution in [0.15, 0.2) is 66.7 Å². The molecule has 1 N–H and O–H groups in total. The molecule has 0 saturated carbocycles. The van der Waals surface area contributed by atoms with Crippen molar-refractivity contribution in [3.8, 4) is 0 Å². The Hall–Kier alpha value is -4.60. The highest BCUT2D eigenvalue weighted by Crippen LogP contribution is 2.35. The molecule has 5 amide bonds. The highest BCUT2D eigenvalue weighted by Gasteiger charge is 2.40. The van der Waals surface area contributed by atoms with Crippen molar-refractivity contribution in [2.24, 2.45) is 0 Å². The molecule has 2 saturated heterocycles. The molecule has 3 heterocycles. The van der Waals surface area contributed by atoms with Crippen LogP contribution in [0.4, 0.5) is 13.6 Å². The number of benzene rings is 3. The SMILES string of the molecule is O=C1CCC(N2Cc3cc(CN4CCN(C(c5ccccc5F)c5ccccc5F)C4=O)ccc3C2=O)C(=O)N1. The topological polar surface area (TPSA) is 90.0 Å². The van der Waals surface area contributed by atoms with Gasteiger partial charge in [0.15, 0.2) is 0 Å². The molecule has 1 unspecified atom stereocenters. The maximum absolute atomic E-state index is 14.9. The number of nitrogens with zero attached hydrogens (tertiary/aromatic N) is 3. The highest BCUT2D eigenvalue weighted by atomic mass is 19.1. The molecule has 8 nitrogen and oxygen atoms in total. The predicted octanol–water partition coefficient (Wildman–Crippen LogP) is 3.75. The van der Waals surface area contributed by atoms with Gasteiger partial charge in [0.05, 0.1) is 6.04 Å². The van der Waals surface area contributed by atoms with E-state index in [1.54, 1.807) is 53.4 Å². The van der Waals surface area contributed by atoms with Crippen molar-refractivity contribution in [1.82, 2.24) is 20.0 Å². The monoisotopic (exact) mass is 544 g/mol. The van der Waals surface area contributed by atoms with E-state index in [2.05, 4.69) is 5.32 Å². The third-order valence-corrected chi connectivity index (χ3v) is 7.80. The van der Waals surface area contributed by atoms with Crippen molar-refractivity contribution in [3.63, 3.8) is 0 Å². The molecular weight excluding hydrogens is 518 g/mol. The van der Waals surface area contributed by atoms with Gasteiger partial charge in [0.2, 0.25) is 11.8 Å². The van der Waals surface area contributed by atoms with Crippen molar-refractivity contribution < 1.29 is 28.0 Å². The third kappa shape index (κ3) is 4.49. The Morgan fingerprint density at radius 3 is 2.20 bits per heavy atom. The first kappa shape index (κ1) is 25.7. The summed E-state index contributed by atoms with van der Waals surface area (Å²) in [6.45, 7) is 1.11. The van der Waals surface area contributed by atoms with E-state index >= 15 is 0 Å². The number of piperidine rings is 1. The first-order valence-electron chi connectivity index (χ1n) is 13.1. The van der Waals surface area contributed by atoms with E-state index in [4.69, 9.17) is 0 Å². The number of nitrogens with one attached hydrogen (secondary N) is 1. The summed E-state index contributed by atoms with van der Waals surface area (Å²) in [5, 5.41) is 2.29. The summed E-state index contributed by atoms with van der Waals surface area (Å²) >= 11 is 0. The molecule has 40 heavy (non-hydrogen) atoms. The minimum atomic E-state index is -0.931. The lowest BCUT2D eigenvalue weighted by Gasteiger charge is -2.29. The number of halogens is 2. The average Bonchev–Trinajstić information content (AvgIpc) is 3.45. The van der Waals surface area contributed by atoms with Gasteiger partial charge in [-0.05, 0) is 35.7 Å². The number of hydrogen-bond acceptors (Lipinski definition) is 4. The molecule has 10 heteroatoms. The number of urea groups is 1. The second-order valence-electron chi connectivity index (χ2n) is 10.2. The molecule has 3 aromatic rings. The van der Waals surface area contributed by atoms with Gasteiger partial charge in [-0.25, -0.2) is 13.6 Å². The van der Waals surface area contributed by atoms with Crippen LogP contribution in [0.1, 0.15) is 51.5 Å². The van der Waals surface area contributed by atoms with Gasteiger partial charge < -0.3 is 14.7 Å². The molecule has 2 fully saturated rings. The second-order valence-corrected chi connectivity index (χ2v) is 10.2. The van der Waals surface area contributed by atoms with Crippen LogP contribution < -0.4 is 5.32 Å². The summed E-state index contributed by atoms with van der Waals surface area (Å²) in [7, 11) is 0. The van der Waals surface area contributed by atoms with Gasteiger partial charge in [-0.1, -0.05) is 48.5 Å². The van der Waals surface area contributed by atoms with Crippen LogP contribution in [0, 0.1) is 11.6 Å². The zero-order chi connectivity index (χ0) is 28.0. The standard InChI is InChI=1S/C30H26F2N4O4/c31-23-7-3-1-5-21(23)27(22-6-2-4-8-24(22)32)35-14-13-34(30(35)40)16-18-9-10-20-19(15-18)17-36(29(20)39)25-11-12-26(37)33-28(25)38/h1-10,15,25,27H,11-14,16-17H2,(H,33,37,38). The largest absolute Gasteiger partial charge is 0.322 e. The predicted molar refractivity (Wildman–Crippen MR) is 140 cm³/mol. The van der Waals surface area contributed by atoms with Crippen molar-refractivity contribution in [2.45, 2.75) is 38.0 Å². The first-order chi connectivity index (χ1) is 19.3. The van der Waals surface area contributed by atoms with Gasteiger partial charge in [-0.3, -0.25) is 19.7 Å². The summed E-state index contributed by atoms with van der Waals surface area (Å²) in [6.07, 6.45) is 0.455. The molecule has 0 radical (unpaired) electrons. The van der Waals surface area contributed by atoms with Crippen LogP contribution in [0.3, 0.4) is 0 Å². The Morgan fingerprint density at radius 1 is 0.875 bits per heavy atom. The van der Waals surface area contributed by atoms with E-state index in [1.165, 1.54) is 21.9 Å². The Labute approximate surface area is 229 Å². The lowest BCUT2D eigenvalue weighted by Crippen LogP contribution is -2.52. The summed E-state index contributed by atoms with van der Waals surface area (Å²) in [5.41, 5.74) is 2.45. The molecule has 0 spiro atoms. The maximum atomic E-state index is 14.9. The Bertz CT molecular complexity index is 1500. The van der Waals surface area contributed by atoms with Crippen LogP contribution in [-0.4, -0.2) is 57.6 Å². The molecule has 3 aliphatic rings. The number of hydrogen-bond donors (Lipinski definition) is 1. The van der Waals surface area contributed by atoms with E-state index in [9.17, 15) is 28.0 Å². The molecule has 3 aromatic carbocycles. The lowest BCUT2D eigenvalue weighted by atomic mass is 9.96. The van der Waals surface area contributed by atoms with Crippen LogP contribution in [0.25, 0.3) is 0 Å². The smallest absolute Gasteiger partial charge is 0.321 e. The Morgan fingerprint density at radius 2 is 1.55 bits per heavy atom. The van der Waals surface area contributed by atoms with Crippen molar-refractivity contribution in [3.05, 3.63) is 106 Å². The van der Waals surface area contributed by atoms with Crippen molar-refractivity contribution in [2.75, 3.05) is 13.1 Å². The summed E-state index contributed by atoms with van der Waals surface area (Å²) < 4.78 is 29.8. The Kier molecular flexibility index (Phi) is 6.53. The van der Waals surface area contributed by atoms with Gasteiger partial charge in [-0.2, -0.15) is 0 Å². The molecule has 3 aliphatic heterocycles. The quantitative estimate of drug-likeness (QED) is 0.479. The van der Waals surface area contributed by atoms with Crippen molar-refractivity contribution in [1.29, 1.82) is 0 Å². The van der Waals surface area contributed by atoms with Gasteiger partial charge in [0, 0.05) is 49.3 Å². The van der Waals surface area contributed by atoms with Crippen LogP contribution in [0.2, 0.25) is 0 Å². The normalized spacial score (nSPS) is 19.1. The fourth-order valence-corrected chi connectivity index (χ4v) is 5.83. The van der Waals surface area contributed by atoms with Crippen LogP contribution >= 0.6 is 0 Å². The van der Waals surface area contributed by atoms with E-state index < -0.39 is 29.6 Å². The minimum Gasteiger partial charge on any atom is -0.322 e. The van der Waals surface area contributed by atoms with E-state index in [1.807, 2.05) is 6.07 Å². The lowest BCUT2D eigenvalue weighted by molar-refractivity contribution is -0.136. The van der Waals surface area contributed by atoms with E-state index in [0.717, 1.165) is 11.1 Å². The minimum absolute atomic E-state index is 0.177. The summed E-state index contributed by atoms with van der Waals surface area (Å²) in [4.78, 5) is 55.0. The van der Waals surface area contributed by atoms with Gasteiger partial charge in [0.1, 0.15) is 17.7 Å². The van der Waals surface area contributed by atoms with E-state index in [0.29, 0.717) is 12.1 Å². The zero-order valence-corrected chi connectivity index (χ0v) is 21.5. The second kappa shape index (κ2) is 10.2. The molecule has 0 aliphatic carbocycles. The van der Waals surface area contributed by atoms with Crippen LogP contribution in [-0.2, 0) is 22.7 Å². The van der Waals surface area contributed by atoms with Gasteiger partial charge >= 0.3 is 6.03 Å². The summed E-state index contributed by atoms with van der Waals surface area (Å²) in [6, 6.07) is 15.5. The number of carbonyl (C=O) groups is 4. The molecule has 6 rings (SSSR count). The maximum Gasteiger partial charge on any atom is 0.321 e.